The first-order valence-corrected chi connectivity index (χ1v) is 10.5. The van der Waals surface area contributed by atoms with Crippen LogP contribution >= 0.6 is 0 Å². The molecule has 0 spiro atoms. The zero-order valence-electron chi connectivity index (χ0n) is 18.0. The fraction of sp³-hybridized carbons (Fsp3) is 0.200. The molecule has 32 heavy (non-hydrogen) atoms. The molecule has 0 heterocycles. The minimum atomic E-state index is -0.197. The number of amides is 2. The van der Waals surface area contributed by atoms with Crippen LogP contribution in [-0.2, 0) is 9.59 Å². The zero-order chi connectivity index (χ0) is 22.6. The van der Waals surface area contributed by atoms with E-state index in [0.717, 1.165) is 11.4 Å². The van der Waals surface area contributed by atoms with E-state index in [-0.39, 0.29) is 18.4 Å². The molecule has 166 valence electrons. The molecular weight excluding hydrogens is 406 g/mol. The average Bonchev–Trinajstić information content (AvgIpc) is 2.83. The zero-order valence-corrected chi connectivity index (χ0v) is 18.0. The summed E-state index contributed by atoms with van der Waals surface area (Å²) in [5, 5.41) is 8.69. The second kappa shape index (κ2) is 12.0. The van der Waals surface area contributed by atoms with Gasteiger partial charge in [0.2, 0.25) is 11.8 Å². The van der Waals surface area contributed by atoms with Crippen LogP contribution in [0.2, 0.25) is 0 Å². The van der Waals surface area contributed by atoms with Gasteiger partial charge in [-0.2, -0.15) is 0 Å². The highest BCUT2D eigenvalue weighted by Crippen LogP contribution is 2.23. The molecule has 3 N–H and O–H groups in total. The number of rotatable bonds is 11. The standard InChI is InChI=1S/C25H27N3O4/c1-2-24(29)27-19-12-14-20(15-13-19)28-25(30)18-26-22-10-6-7-11-23(22)32-17-16-31-21-8-4-3-5-9-21/h3-15,26H,2,16-18H2,1H3,(H,27,29)(H,28,30). The lowest BCUT2D eigenvalue weighted by Gasteiger charge is -2.14. The molecule has 0 atom stereocenters. The van der Waals surface area contributed by atoms with Crippen LogP contribution in [0.4, 0.5) is 17.1 Å². The normalized spacial score (nSPS) is 10.2. The van der Waals surface area contributed by atoms with Crippen molar-refractivity contribution >= 4 is 28.9 Å². The fourth-order valence-electron chi connectivity index (χ4n) is 2.83. The molecule has 3 aromatic rings. The summed E-state index contributed by atoms with van der Waals surface area (Å²) in [4.78, 5) is 23.8. The molecule has 0 aliphatic heterocycles. The Bertz CT molecular complexity index is 1010. The lowest BCUT2D eigenvalue weighted by Crippen LogP contribution is -2.22. The number of hydrogen-bond acceptors (Lipinski definition) is 5. The van der Waals surface area contributed by atoms with Gasteiger partial charge in [-0.3, -0.25) is 9.59 Å². The quantitative estimate of drug-likeness (QED) is 0.386. The van der Waals surface area contributed by atoms with Gasteiger partial charge in [0.25, 0.3) is 0 Å². The van der Waals surface area contributed by atoms with Gasteiger partial charge in [0, 0.05) is 17.8 Å². The lowest BCUT2D eigenvalue weighted by molar-refractivity contribution is -0.116. The second-order valence-electron chi connectivity index (χ2n) is 6.89. The van der Waals surface area contributed by atoms with Crippen molar-refractivity contribution in [3.05, 3.63) is 78.9 Å². The van der Waals surface area contributed by atoms with Crippen molar-refractivity contribution in [2.45, 2.75) is 13.3 Å². The van der Waals surface area contributed by atoms with Gasteiger partial charge in [-0.15, -0.1) is 0 Å². The number of benzene rings is 3. The summed E-state index contributed by atoms with van der Waals surface area (Å²) < 4.78 is 11.4. The van der Waals surface area contributed by atoms with Crippen LogP contribution < -0.4 is 25.4 Å². The van der Waals surface area contributed by atoms with E-state index in [9.17, 15) is 9.59 Å². The number of para-hydroxylation sites is 3. The van der Waals surface area contributed by atoms with Crippen LogP contribution in [0.3, 0.4) is 0 Å². The Kier molecular flexibility index (Phi) is 8.50. The summed E-state index contributed by atoms with van der Waals surface area (Å²) in [7, 11) is 0. The molecule has 2 amide bonds. The van der Waals surface area contributed by atoms with Gasteiger partial charge < -0.3 is 25.4 Å². The molecule has 7 heteroatoms. The molecule has 0 saturated carbocycles. The van der Waals surface area contributed by atoms with Crippen molar-refractivity contribution in [2.75, 3.05) is 35.7 Å². The van der Waals surface area contributed by atoms with Gasteiger partial charge in [-0.1, -0.05) is 37.3 Å². The maximum atomic E-state index is 12.3. The summed E-state index contributed by atoms with van der Waals surface area (Å²) in [6, 6.07) is 24.0. The van der Waals surface area contributed by atoms with Crippen molar-refractivity contribution in [3.8, 4) is 11.5 Å². The van der Waals surface area contributed by atoms with Crippen molar-refractivity contribution in [1.82, 2.24) is 0 Å². The smallest absolute Gasteiger partial charge is 0.243 e. The van der Waals surface area contributed by atoms with E-state index in [2.05, 4.69) is 16.0 Å². The highest BCUT2D eigenvalue weighted by atomic mass is 16.5. The summed E-state index contributed by atoms with van der Waals surface area (Å²) in [6.45, 7) is 2.65. The van der Waals surface area contributed by atoms with E-state index in [4.69, 9.17) is 9.47 Å². The summed E-state index contributed by atoms with van der Waals surface area (Å²) >= 11 is 0. The molecular formula is C25H27N3O4. The minimum absolute atomic E-state index is 0.0569. The number of carbonyl (C=O) groups is 2. The summed E-state index contributed by atoms with van der Waals surface area (Å²) in [5.41, 5.74) is 2.06. The van der Waals surface area contributed by atoms with E-state index < -0.39 is 0 Å². The van der Waals surface area contributed by atoms with E-state index in [0.29, 0.717) is 36.8 Å². The predicted octanol–water partition coefficient (Wildman–Crippen LogP) is 4.54. The van der Waals surface area contributed by atoms with Gasteiger partial charge in [-0.05, 0) is 48.5 Å². The second-order valence-corrected chi connectivity index (χ2v) is 6.89. The maximum Gasteiger partial charge on any atom is 0.243 e. The minimum Gasteiger partial charge on any atom is -0.490 e. The third kappa shape index (κ3) is 7.36. The van der Waals surface area contributed by atoms with Crippen LogP contribution in [0.1, 0.15) is 13.3 Å². The summed E-state index contributed by atoms with van der Waals surface area (Å²) in [5.74, 6) is 1.18. The fourth-order valence-corrected chi connectivity index (χ4v) is 2.83. The Morgan fingerprint density at radius 1 is 0.719 bits per heavy atom. The Balaban J connectivity index is 1.44. The Labute approximate surface area is 187 Å². The van der Waals surface area contributed by atoms with Crippen LogP contribution in [-0.4, -0.2) is 31.6 Å². The first-order valence-electron chi connectivity index (χ1n) is 10.5. The number of nitrogens with one attached hydrogen (secondary N) is 3. The Hall–Kier alpha value is -4.00. The van der Waals surface area contributed by atoms with Crippen molar-refractivity contribution in [2.24, 2.45) is 0 Å². The molecule has 0 saturated heterocycles. The first kappa shape index (κ1) is 22.7. The highest BCUT2D eigenvalue weighted by Gasteiger charge is 2.07. The van der Waals surface area contributed by atoms with Crippen LogP contribution in [0.5, 0.6) is 11.5 Å². The van der Waals surface area contributed by atoms with Crippen molar-refractivity contribution in [3.63, 3.8) is 0 Å². The highest BCUT2D eigenvalue weighted by molar-refractivity contribution is 5.95. The van der Waals surface area contributed by atoms with Crippen LogP contribution in [0.15, 0.2) is 78.9 Å². The first-order chi connectivity index (χ1) is 15.6. The molecule has 0 radical (unpaired) electrons. The van der Waals surface area contributed by atoms with Gasteiger partial charge >= 0.3 is 0 Å². The predicted molar refractivity (Wildman–Crippen MR) is 126 cm³/mol. The number of carbonyl (C=O) groups excluding carboxylic acids is 2. The Morgan fingerprint density at radius 3 is 2.00 bits per heavy atom. The van der Waals surface area contributed by atoms with E-state index >= 15 is 0 Å². The van der Waals surface area contributed by atoms with Gasteiger partial charge in [0.1, 0.15) is 24.7 Å². The summed E-state index contributed by atoms with van der Waals surface area (Å²) in [6.07, 6.45) is 0.412. The average molecular weight is 434 g/mol. The molecule has 0 aromatic heterocycles. The van der Waals surface area contributed by atoms with Crippen LogP contribution in [0.25, 0.3) is 0 Å². The van der Waals surface area contributed by atoms with E-state index in [1.54, 1.807) is 31.2 Å². The number of ether oxygens (including phenoxy) is 2. The molecule has 3 aromatic carbocycles. The van der Waals surface area contributed by atoms with E-state index in [1.165, 1.54) is 0 Å². The number of hydrogen-bond donors (Lipinski definition) is 3. The molecule has 0 aliphatic rings. The van der Waals surface area contributed by atoms with E-state index in [1.807, 2.05) is 54.6 Å². The topological polar surface area (TPSA) is 88.7 Å². The monoisotopic (exact) mass is 433 g/mol. The van der Waals surface area contributed by atoms with Crippen molar-refractivity contribution in [1.29, 1.82) is 0 Å². The molecule has 0 unspecified atom stereocenters. The van der Waals surface area contributed by atoms with Crippen LogP contribution in [0, 0.1) is 0 Å². The molecule has 7 nitrogen and oxygen atoms in total. The van der Waals surface area contributed by atoms with Gasteiger partial charge in [0.05, 0.1) is 12.2 Å². The largest absolute Gasteiger partial charge is 0.490 e. The maximum absolute atomic E-state index is 12.3. The van der Waals surface area contributed by atoms with Gasteiger partial charge in [-0.25, -0.2) is 0 Å². The molecule has 0 fully saturated rings. The molecule has 0 aliphatic carbocycles. The number of anilines is 3. The lowest BCUT2D eigenvalue weighted by atomic mass is 10.2. The third-order valence-electron chi connectivity index (χ3n) is 4.45. The van der Waals surface area contributed by atoms with Crippen molar-refractivity contribution < 1.29 is 19.1 Å². The third-order valence-corrected chi connectivity index (χ3v) is 4.45. The SMILES string of the molecule is CCC(=O)Nc1ccc(NC(=O)CNc2ccccc2OCCOc2ccccc2)cc1. The Morgan fingerprint density at radius 2 is 1.31 bits per heavy atom. The molecule has 3 rings (SSSR count). The van der Waals surface area contributed by atoms with Gasteiger partial charge in [0.15, 0.2) is 0 Å². The molecule has 0 bridgehead atoms.